The van der Waals surface area contributed by atoms with Gasteiger partial charge in [0, 0.05) is 12.8 Å². The van der Waals surface area contributed by atoms with E-state index in [0.29, 0.717) is 5.75 Å². The van der Waals surface area contributed by atoms with Crippen molar-refractivity contribution < 1.29 is 34.2 Å². The SMILES string of the molecule is CSCC[C@H](NC(=O)[C@@H](N)CCC(N)=O)C(=O)N[C@@H](CCC(=O)O)C(=O)O. The van der Waals surface area contributed by atoms with E-state index < -0.39 is 54.2 Å². The van der Waals surface area contributed by atoms with Gasteiger partial charge in [-0.3, -0.25) is 19.2 Å². The Morgan fingerprint density at radius 3 is 2.00 bits per heavy atom. The summed E-state index contributed by atoms with van der Waals surface area (Å²) in [6.45, 7) is 0. The van der Waals surface area contributed by atoms with Gasteiger partial charge in [-0.15, -0.1) is 0 Å². The molecule has 0 aliphatic heterocycles. The number of carboxylic acid groups (broad SMARTS) is 2. The second-order valence-electron chi connectivity index (χ2n) is 5.79. The molecule has 0 aromatic carbocycles. The first-order valence-electron chi connectivity index (χ1n) is 8.16. The second-order valence-corrected chi connectivity index (χ2v) is 6.77. The lowest BCUT2D eigenvalue weighted by Crippen LogP contribution is -2.54. The highest BCUT2D eigenvalue weighted by molar-refractivity contribution is 7.98. The molecular formula is C15H26N4O7S. The third-order valence-electron chi connectivity index (χ3n) is 3.54. The van der Waals surface area contributed by atoms with Gasteiger partial charge in [0.15, 0.2) is 0 Å². The number of aliphatic carboxylic acids is 2. The summed E-state index contributed by atoms with van der Waals surface area (Å²) < 4.78 is 0. The quantitative estimate of drug-likeness (QED) is 0.193. The van der Waals surface area contributed by atoms with E-state index in [2.05, 4.69) is 10.6 Å². The van der Waals surface area contributed by atoms with Gasteiger partial charge in [0.1, 0.15) is 12.1 Å². The molecule has 0 bridgehead atoms. The average Bonchev–Trinajstić information content (AvgIpc) is 2.58. The maximum Gasteiger partial charge on any atom is 0.326 e. The molecule has 0 saturated carbocycles. The highest BCUT2D eigenvalue weighted by atomic mass is 32.2. The molecule has 12 heteroatoms. The van der Waals surface area contributed by atoms with E-state index in [0.717, 1.165) is 0 Å². The molecule has 0 aliphatic rings. The number of nitrogens with two attached hydrogens (primary N) is 2. The van der Waals surface area contributed by atoms with Crippen molar-refractivity contribution in [1.82, 2.24) is 10.6 Å². The van der Waals surface area contributed by atoms with Crippen molar-refractivity contribution in [3.63, 3.8) is 0 Å². The van der Waals surface area contributed by atoms with Crippen LogP contribution in [0.3, 0.4) is 0 Å². The fraction of sp³-hybridized carbons (Fsp3) is 0.667. The van der Waals surface area contributed by atoms with Gasteiger partial charge in [0.05, 0.1) is 6.04 Å². The molecule has 0 aliphatic carbocycles. The third kappa shape index (κ3) is 11.1. The lowest BCUT2D eigenvalue weighted by Gasteiger charge is -2.22. The predicted octanol–water partition coefficient (Wildman–Crippen LogP) is -1.75. The fourth-order valence-corrected chi connectivity index (χ4v) is 2.48. The van der Waals surface area contributed by atoms with E-state index in [1.807, 2.05) is 0 Å². The molecule has 27 heavy (non-hydrogen) atoms. The van der Waals surface area contributed by atoms with Gasteiger partial charge in [0.25, 0.3) is 0 Å². The van der Waals surface area contributed by atoms with Crippen LogP contribution in [-0.2, 0) is 24.0 Å². The van der Waals surface area contributed by atoms with Crippen molar-refractivity contribution in [1.29, 1.82) is 0 Å². The van der Waals surface area contributed by atoms with E-state index >= 15 is 0 Å². The molecule has 3 atom stereocenters. The molecule has 0 fully saturated rings. The molecule has 0 rings (SSSR count). The summed E-state index contributed by atoms with van der Waals surface area (Å²) in [6.07, 6.45) is 1.20. The Morgan fingerprint density at radius 1 is 0.926 bits per heavy atom. The van der Waals surface area contributed by atoms with Crippen LogP contribution in [0.5, 0.6) is 0 Å². The maximum absolute atomic E-state index is 12.4. The number of carbonyl (C=O) groups excluding carboxylic acids is 3. The molecule has 0 unspecified atom stereocenters. The van der Waals surface area contributed by atoms with Crippen molar-refractivity contribution in [2.75, 3.05) is 12.0 Å². The van der Waals surface area contributed by atoms with Crippen LogP contribution in [0.15, 0.2) is 0 Å². The molecule has 0 aromatic heterocycles. The number of primary amides is 1. The van der Waals surface area contributed by atoms with Gasteiger partial charge in [-0.25, -0.2) is 4.79 Å². The van der Waals surface area contributed by atoms with E-state index in [1.54, 1.807) is 6.26 Å². The fourth-order valence-electron chi connectivity index (χ4n) is 2.01. The smallest absolute Gasteiger partial charge is 0.326 e. The molecule has 3 amide bonds. The topological polar surface area (TPSA) is 202 Å². The molecule has 0 spiro atoms. The molecule has 154 valence electrons. The first kappa shape index (κ1) is 24.7. The largest absolute Gasteiger partial charge is 0.481 e. The number of rotatable bonds is 14. The molecule has 0 heterocycles. The minimum atomic E-state index is -1.40. The van der Waals surface area contributed by atoms with Gasteiger partial charge < -0.3 is 32.3 Å². The lowest BCUT2D eigenvalue weighted by molar-refractivity contribution is -0.143. The summed E-state index contributed by atoms with van der Waals surface area (Å²) in [4.78, 5) is 57.0. The summed E-state index contributed by atoms with van der Waals surface area (Å²) in [7, 11) is 0. The minimum absolute atomic E-state index is 0.00833. The summed E-state index contributed by atoms with van der Waals surface area (Å²) in [5, 5.41) is 22.5. The van der Waals surface area contributed by atoms with Gasteiger partial charge in [-0.1, -0.05) is 0 Å². The first-order valence-corrected chi connectivity index (χ1v) is 9.56. The molecule has 0 saturated heterocycles. The molecule has 11 nitrogen and oxygen atoms in total. The van der Waals surface area contributed by atoms with Gasteiger partial charge >= 0.3 is 11.9 Å². The van der Waals surface area contributed by atoms with Crippen LogP contribution in [-0.4, -0.2) is 70.0 Å². The van der Waals surface area contributed by atoms with Crippen LogP contribution < -0.4 is 22.1 Å². The Morgan fingerprint density at radius 2 is 1.52 bits per heavy atom. The van der Waals surface area contributed by atoms with E-state index in [4.69, 9.17) is 21.7 Å². The third-order valence-corrected chi connectivity index (χ3v) is 4.19. The summed E-state index contributed by atoms with van der Waals surface area (Å²) in [5.74, 6) is -4.10. The molecule has 8 N–H and O–H groups in total. The van der Waals surface area contributed by atoms with E-state index in [-0.39, 0.29) is 25.7 Å². The highest BCUT2D eigenvalue weighted by Gasteiger charge is 2.28. The zero-order chi connectivity index (χ0) is 21.0. The first-order chi connectivity index (χ1) is 12.6. The lowest BCUT2D eigenvalue weighted by atomic mass is 10.1. The molecule has 0 radical (unpaired) electrons. The Kier molecular flexibility index (Phi) is 11.8. The van der Waals surface area contributed by atoms with Crippen LogP contribution in [0.1, 0.15) is 32.1 Å². The minimum Gasteiger partial charge on any atom is -0.481 e. The monoisotopic (exact) mass is 406 g/mol. The molecule has 0 aromatic rings. The van der Waals surface area contributed by atoms with E-state index in [1.165, 1.54) is 11.8 Å². The Hall–Kier alpha value is -2.34. The number of carbonyl (C=O) groups is 5. The zero-order valence-corrected chi connectivity index (χ0v) is 15.8. The van der Waals surface area contributed by atoms with Gasteiger partial charge in [-0.05, 0) is 31.3 Å². The zero-order valence-electron chi connectivity index (χ0n) is 15.0. The van der Waals surface area contributed by atoms with Crippen molar-refractivity contribution in [3.05, 3.63) is 0 Å². The van der Waals surface area contributed by atoms with Gasteiger partial charge in [-0.2, -0.15) is 11.8 Å². The number of amides is 3. The van der Waals surface area contributed by atoms with Crippen LogP contribution in [0.25, 0.3) is 0 Å². The van der Waals surface area contributed by atoms with Crippen molar-refractivity contribution in [2.24, 2.45) is 11.5 Å². The van der Waals surface area contributed by atoms with Crippen LogP contribution in [0.4, 0.5) is 0 Å². The van der Waals surface area contributed by atoms with Gasteiger partial charge in [0.2, 0.25) is 17.7 Å². The second kappa shape index (κ2) is 12.9. The van der Waals surface area contributed by atoms with Crippen molar-refractivity contribution in [2.45, 2.75) is 50.2 Å². The maximum atomic E-state index is 12.4. The summed E-state index contributed by atoms with van der Waals surface area (Å²) >= 11 is 1.42. The van der Waals surface area contributed by atoms with Crippen molar-refractivity contribution in [3.8, 4) is 0 Å². The highest BCUT2D eigenvalue weighted by Crippen LogP contribution is 2.05. The number of hydrogen-bond donors (Lipinski definition) is 6. The average molecular weight is 406 g/mol. The number of hydrogen-bond acceptors (Lipinski definition) is 7. The standard InChI is InChI=1S/C15H26N4O7S/c1-27-7-6-9(18-13(23)8(16)2-4-11(17)20)14(24)19-10(15(25)26)3-5-12(21)22/h8-10H,2-7,16H2,1H3,(H2,17,20)(H,18,23)(H,19,24)(H,21,22)(H,25,26)/t8-,9-,10-/m0/s1. The number of carboxylic acids is 2. The Balaban J connectivity index is 4.95. The van der Waals surface area contributed by atoms with Crippen LogP contribution >= 0.6 is 11.8 Å². The van der Waals surface area contributed by atoms with Crippen LogP contribution in [0.2, 0.25) is 0 Å². The normalized spacial score (nSPS) is 13.9. The predicted molar refractivity (Wildman–Crippen MR) is 97.8 cm³/mol. The summed E-state index contributed by atoms with van der Waals surface area (Å²) in [6, 6.07) is -3.49. The summed E-state index contributed by atoms with van der Waals surface area (Å²) in [5.41, 5.74) is 10.7. The number of thioether (sulfide) groups is 1. The number of nitrogens with one attached hydrogen (secondary N) is 2. The van der Waals surface area contributed by atoms with Crippen molar-refractivity contribution >= 4 is 41.4 Å². The Labute approximate surface area is 160 Å². The van der Waals surface area contributed by atoms with Crippen LogP contribution in [0, 0.1) is 0 Å². The van der Waals surface area contributed by atoms with E-state index in [9.17, 15) is 24.0 Å². The molecular weight excluding hydrogens is 380 g/mol. The Bertz CT molecular complexity index is 558.